The van der Waals surface area contributed by atoms with Crippen molar-refractivity contribution in [3.05, 3.63) is 58.9 Å². The van der Waals surface area contributed by atoms with Gasteiger partial charge in [-0.1, -0.05) is 12.1 Å². The summed E-state index contributed by atoms with van der Waals surface area (Å²) in [5.74, 6) is -0.835. The Morgan fingerprint density at radius 3 is 2.24 bits per heavy atom. The van der Waals surface area contributed by atoms with Gasteiger partial charge in [-0.25, -0.2) is 0 Å². The number of aromatic nitrogens is 1. The summed E-state index contributed by atoms with van der Waals surface area (Å²) in [6.45, 7) is 0.0965. The SMILES string of the molecule is Cc1cc(CN2C(=O)c3ccccc3C2=O)ncc1OCC(F)(F)F. The van der Waals surface area contributed by atoms with Crippen LogP contribution in [0.1, 0.15) is 32.0 Å². The quantitative estimate of drug-likeness (QED) is 0.795. The lowest BCUT2D eigenvalue weighted by Gasteiger charge is -2.15. The van der Waals surface area contributed by atoms with E-state index in [4.69, 9.17) is 0 Å². The van der Waals surface area contributed by atoms with Gasteiger partial charge >= 0.3 is 6.18 Å². The second kappa shape index (κ2) is 6.19. The molecule has 2 amide bonds. The number of nitrogens with zero attached hydrogens (tertiary/aromatic N) is 2. The van der Waals surface area contributed by atoms with Crippen LogP contribution in [0.15, 0.2) is 36.5 Å². The van der Waals surface area contributed by atoms with Crippen molar-refractivity contribution in [2.45, 2.75) is 19.6 Å². The number of amides is 2. The van der Waals surface area contributed by atoms with Crippen LogP contribution in [0.25, 0.3) is 0 Å². The third-order valence-electron chi connectivity index (χ3n) is 3.71. The van der Waals surface area contributed by atoms with E-state index in [9.17, 15) is 22.8 Å². The molecule has 0 atom stereocenters. The second-order valence-electron chi connectivity index (χ2n) is 5.59. The van der Waals surface area contributed by atoms with E-state index in [1.807, 2.05) is 0 Å². The van der Waals surface area contributed by atoms with E-state index < -0.39 is 24.6 Å². The molecule has 0 fully saturated rings. The van der Waals surface area contributed by atoms with Gasteiger partial charge in [0.1, 0.15) is 5.75 Å². The Bertz CT molecular complexity index is 814. The number of pyridine rings is 1. The van der Waals surface area contributed by atoms with Crippen molar-refractivity contribution < 1.29 is 27.5 Å². The van der Waals surface area contributed by atoms with Gasteiger partial charge in [0.15, 0.2) is 6.61 Å². The Morgan fingerprint density at radius 1 is 1.12 bits per heavy atom. The first-order chi connectivity index (χ1) is 11.8. The summed E-state index contributed by atoms with van der Waals surface area (Å²) in [5.41, 5.74) is 1.47. The molecule has 0 radical (unpaired) electrons. The van der Waals surface area contributed by atoms with Crippen LogP contribution < -0.4 is 4.74 Å². The zero-order chi connectivity index (χ0) is 18.2. The molecule has 25 heavy (non-hydrogen) atoms. The van der Waals surface area contributed by atoms with E-state index in [2.05, 4.69) is 9.72 Å². The molecule has 2 aromatic rings. The van der Waals surface area contributed by atoms with Gasteiger partial charge in [0.2, 0.25) is 0 Å². The van der Waals surface area contributed by atoms with Gasteiger partial charge in [-0.3, -0.25) is 19.5 Å². The molecule has 0 aliphatic carbocycles. The van der Waals surface area contributed by atoms with E-state index in [0.717, 1.165) is 11.1 Å². The normalized spacial score (nSPS) is 14.0. The van der Waals surface area contributed by atoms with Crippen molar-refractivity contribution in [2.24, 2.45) is 0 Å². The highest BCUT2D eigenvalue weighted by atomic mass is 19.4. The van der Waals surface area contributed by atoms with Crippen molar-refractivity contribution in [3.8, 4) is 5.75 Å². The van der Waals surface area contributed by atoms with E-state index >= 15 is 0 Å². The van der Waals surface area contributed by atoms with Gasteiger partial charge in [0.25, 0.3) is 11.8 Å². The number of aryl methyl sites for hydroxylation is 1. The lowest BCUT2D eigenvalue weighted by atomic mass is 10.1. The van der Waals surface area contributed by atoms with Crippen molar-refractivity contribution in [2.75, 3.05) is 6.61 Å². The fourth-order valence-corrected chi connectivity index (χ4v) is 2.54. The minimum Gasteiger partial charge on any atom is -0.482 e. The highest BCUT2D eigenvalue weighted by Crippen LogP contribution is 2.26. The molecule has 1 aliphatic heterocycles. The fourth-order valence-electron chi connectivity index (χ4n) is 2.54. The highest BCUT2D eigenvalue weighted by molar-refractivity contribution is 6.21. The Labute approximate surface area is 141 Å². The summed E-state index contributed by atoms with van der Waals surface area (Å²) in [6.07, 6.45) is -3.28. The van der Waals surface area contributed by atoms with E-state index in [1.54, 1.807) is 31.2 Å². The maximum atomic E-state index is 12.3. The van der Waals surface area contributed by atoms with E-state index in [1.165, 1.54) is 6.07 Å². The van der Waals surface area contributed by atoms with Gasteiger partial charge in [0.05, 0.1) is 29.6 Å². The molecule has 0 N–H and O–H groups in total. The summed E-state index contributed by atoms with van der Waals surface area (Å²) in [6, 6.07) is 7.98. The van der Waals surface area contributed by atoms with Crippen LogP contribution in [0.2, 0.25) is 0 Å². The number of hydrogen-bond acceptors (Lipinski definition) is 4. The average Bonchev–Trinajstić information content (AvgIpc) is 2.79. The number of benzene rings is 1. The summed E-state index contributed by atoms with van der Waals surface area (Å²) in [5, 5.41) is 0. The predicted molar refractivity (Wildman–Crippen MR) is 81.2 cm³/mol. The molecule has 3 rings (SSSR count). The lowest BCUT2D eigenvalue weighted by molar-refractivity contribution is -0.153. The largest absolute Gasteiger partial charge is 0.482 e. The molecule has 5 nitrogen and oxygen atoms in total. The van der Waals surface area contributed by atoms with Gasteiger partial charge in [-0.2, -0.15) is 13.2 Å². The second-order valence-corrected chi connectivity index (χ2v) is 5.59. The highest BCUT2D eigenvalue weighted by Gasteiger charge is 2.35. The van der Waals surface area contributed by atoms with E-state index in [-0.39, 0.29) is 12.3 Å². The molecule has 0 saturated carbocycles. The van der Waals surface area contributed by atoms with Gasteiger partial charge in [0, 0.05) is 0 Å². The minimum absolute atomic E-state index is 0.00318. The summed E-state index contributed by atoms with van der Waals surface area (Å²) in [4.78, 5) is 29.7. The van der Waals surface area contributed by atoms with Gasteiger partial charge in [-0.05, 0) is 30.7 Å². The minimum atomic E-state index is -4.44. The first-order valence-corrected chi connectivity index (χ1v) is 7.36. The molecule has 2 heterocycles. The van der Waals surface area contributed by atoms with E-state index in [0.29, 0.717) is 22.4 Å². The number of carbonyl (C=O) groups is 2. The molecular formula is C17H13F3N2O3. The Morgan fingerprint density at radius 2 is 1.72 bits per heavy atom. The van der Waals surface area contributed by atoms with Crippen LogP contribution in [0.3, 0.4) is 0 Å². The first-order valence-electron chi connectivity index (χ1n) is 7.36. The first kappa shape index (κ1) is 16.9. The van der Waals surface area contributed by atoms with Gasteiger partial charge in [-0.15, -0.1) is 0 Å². The molecule has 1 aromatic carbocycles. The van der Waals surface area contributed by atoms with Crippen LogP contribution in [0.4, 0.5) is 13.2 Å². The van der Waals surface area contributed by atoms with Crippen LogP contribution in [0, 0.1) is 6.92 Å². The molecular weight excluding hydrogens is 337 g/mol. The van der Waals surface area contributed by atoms with Crippen LogP contribution >= 0.6 is 0 Å². The third-order valence-corrected chi connectivity index (χ3v) is 3.71. The summed E-state index contributed by atoms with van der Waals surface area (Å²) in [7, 11) is 0. The zero-order valence-electron chi connectivity index (χ0n) is 13.1. The average molecular weight is 350 g/mol. The molecule has 1 aliphatic rings. The lowest BCUT2D eigenvalue weighted by Crippen LogP contribution is -2.29. The topological polar surface area (TPSA) is 59.5 Å². The Balaban J connectivity index is 1.75. The summed E-state index contributed by atoms with van der Waals surface area (Å²) >= 11 is 0. The molecule has 0 spiro atoms. The fraction of sp³-hybridized carbons (Fsp3) is 0.235. The van der Waals surface area contributed by atoms with Crippen molar-refractivity contribution in [3.63, 3.8) is 0 Å². The maximum Gasteiger partial charge on any atom is 0.422 e. The number of carbonyl (C=O) groups excluding carboxylic acids is 2. The number of rotatable bonds is 4. The van der Waals surface area contributed by atoms with Crippen molar-refractivity contribution in [1.29, 1.82) is 0 Å². The standard InChI is InChI=1S/C17H13F3N2O3/c1-10-6-11(21-7-14(10)25-9-17(18,19)20)8-22-15(23)12-4-2-3-5-13(12)16(22)24/h2-7H,8-9H2,1H3. The number of ether oxygens (including phenoxy) is 1. The van der Waals surface area contributed by atoms with Crippen molar-refractivity contribution >= 4 is 11.8 Å². The molecule has 130 valence electrons. The Hall–Kier alpha value is -2.90. The molecule has 8 heteroatoms. The third kappa shape index (κ3) is 3.47. The predicted octanol–water partition coefficient (Wildman–Crippen LogP) is 3.13. The zero-order valence-corrected chi connectivity index (χ0v) is 13.1. The number of halogens is 3. The molecule has 1 aromatic heterocycles. The number of hydrogen-bond donors (Lipinski definition) is 0. The van der Waals surface area contributed by atoms with Crippen LogP contribution in [0.5, 0.6) is 5.75 Å². The monoisotopic (exact) mass is 350 g/mol. The Kier molecular flexibility index (Phi) is 4.20. The smallest absolute Gasteiger partial charge is 0.422 e. The van der Waals surface area contributed by atoms with Gasteiger partial charge < -0.3 is 4.74 Å². The summed E-state index contributed by atoms with van der Waals surface area (Å²) < 4.78 is 41.3. The van der Waals surface area contributed by atoms with Crippen LogP contribution in [-0.2, 0) is 6.54 Å². The maximum absolute atomic E-state index is 12.3. The molecule has 0 bridgehead atoms. The van der Waals surface area contributed by atoms with Crippen LogP contribution in [-0.4, -0.2) is 34.5 Å². The number of fused-ring (bicyclic) bond motifs is 1. The molecule has 0 unspecified atom stereocenters. The molecule has 0 saturated heterocycles. The number of imide groups is 1. The van der Waals surface area contributed by atoms with Crippen molar-refractivity contribution in [1.82, 2.24) is 9.88 Å². The number of alkyl halides is 3.